The Morgan fingerprint density at radius 3 is 2.56 bits per heavy atom. The lowest BCUT2D eigenvalue weighted by Crippen LogP contribution is -2.32. The molecule has 1 amide bonds. The monoisotopic (exact) mass is 363 g/mol. The van der Waals surface area contributed by atoms with Crippen molar-refractivity contribution in [2.24, 2.45) is 0 Å². The predicted octanol–water partition coefficient (Wildman–Crippen LogP) is 0.964. The van der Waals surface area contributed by atoms with Crippen molar-refractivity contribution in [1.82, 2.24) is 25.0 Å². The largest absolute Gasteiger partial charge is 0.349 e. The number of aromatic nitrogens is 3. The second kappa shape index (κ2) is 8.13. The quantitative estimate of drug-likeness (QED) is 0.757. The Balaban J connectivity index is 2.00. The van der Waals surface area contributed by atoms with Crippen LogP contribution in [-0.4, -0.2) is 42.1 Å². The summed E-state index contributed by atoms with van der Waals surface area (Å²) < 4.78 is 24.3. The van der Waals surface area contributed by atoms with Gasteiger partial charge in [-0.2, -0.15) is 0 Å². The Bertz CT molecular complexity index is 840. The standard InChI is InChI=1S/C16H21N5O3S/c1-11(20-15(22)6-9-19-25(3,23)24)14-10-18-16(21-12(14)2)13-4-7-17-8-5-13/h4-5,7-8,10-11,19H,6,9H2,1-3H3,(H,20,22). The highest BCUT2D eigenvalue weighted by atomic mass is 32.2. The maximum absolute atomic E-state index is 11.9. The van der Waals surface area contributed by atoms with Gasteiger partial charge in [0, 0.05) is 48.4 Å². The number of sulfonamides is 1. The topological polar surface area (TPSA) is 114 Å². The highest BCUT2D eigenvalue weighted by Gasteiger charge is 2.14. The van der Waals surface area contributed by atoms with E-state index in [4.69, 9.17) is 0 Å². The summed E-state index contributed by atoms with van der Waals surface area (Å²) in [5.74, 6) is 0.348. The van der Waals surface area contributed by atoms with E-state index in [2.05, 4.69) is 25.0 Å². The van der Waals surface area contributed by atoms with Crippen molar-refractivity contribution in [3.8, 4) is 11.4 Å². The van der Waals surface area contributed by atoms with E-state index < -0.39 is 10.0 Å². The Morgan fingerprint density at radius 1 is 1.28 bits per heavy atom. The second-order valence-corrected chi connectivity index (χ2v) is 7.51. The fraction of sp³-hybridized carbons (Fsp3) is 0.375. The summed E-state index contributed by atoms with van der Waals surface area (Å²) in [6.45, 7) is 3.75. The van der Waals surface area contributed by atoms with E-state index in [-0.39, 0.29) is 24.9 Å². The molecule has 0 aliphatic heterocycles. The molecule has 2 rings (SSSR count). The molecule has 2 heterocycles. The number of nitrogens with one attached hydrogen (secondary N) is 2. The van der Waals surface area contributed by atoms with Gasteiger partial charge in [-0.05, 0) is 26.0 Å². The van der Waals surface area contributed by atoms with Gasteiger partial charge in [0.25, 0.3) is 0 Å². The zero-order chi connectivity index (χ0) is 18.4. The number of amides is 1. The minimum absolute atomic E-state index is 0.0619. The average Bonchev–Trinajstić information content (AvgIpc) is 2.54. The maximum Gasteiger partial charge on any atom is 0.221 e. The summed E-state index contributed by atoms with van der Waals surface area (Å²) in [5, 5.41) is 2.82. The lowest BCUT2D eigenvalue weighted by molar-refractivity contribution is -0.121. The molecule has 0 radical (unpaired) electrons. The van der Waals surface area contributed by atoms with E-state index in [0.29, 0.717) is 5.82 Å². The number of rotatable bonds is 7. The number of nitrogens with zero attached hydrogens (tertiary/aromatic N) is 3. The molecule has 0 aromatic carbocycles. The Labute approximate surface area is 147 Å². The first-order chi connectivity index (χ1) is 11.8. The van der Waals surface area contributed by atoms with Gasteiger partial charge >= 0.3 is 0 Å². The summed E-state index contributed by atoms with van der Waals surface area (Å²) in [4.78, 5) is 24.7. The lowest BCUT2D eigenvalue weighted by atomic mass is 10.1. The molecule has 2 N–H and O–H groups in total. The van der Waals surface area contributed by atoms with Gasteiger partial charge in [-0.3, -0.25) is 9.78 Å². The zero-order valence-electron chi connectivity index (χ0n) is 14.4. The van der Waals surface area contributed by atoms with Crippen LogP contribution in [0.15, 0.2) is 30.7 Å². The fourth-order valence-electron chi connectivity index (χ4n) is 2.28. The first kappa shape index (κ1) is 18.9. The van der Waals surface area contributed by atoms with E-state index in [0.717, 1.165) is 23.1 Å². The Morgan fingerprint density at radius 2 is 1.96 bits per heavy atom. The zero-order valence-corrected chi connectivity index (χ0v) is 15.2. The van der Waals surface area contributed by atoms with Crippen LogP contribution in [0, 0.1) is 6.92 Å². The third kappa shape index (κ3) is 5.87. The molecule has 1 unspecified atom stereocenters. The Kier molecular flexibility index (Phi) is 6.16. The van der Waals surface area contributed by atoms with Crippen LogP contribution < -0.4 is 10.0 Å². The molecule has 1 atom stereocenters. The summed E-state index contributed by atoms with van der Waals surface area (Å²) in [5.41, 5.74) is 2.44. The van der Waals surface area contributed by atoms with Gasteiger partial charge in [-0.1, -0.05) is 0 Å². The first-order valence-electron chi connectivity index (χ1n) is 7.74. The minimum atomic E-state index is -3.29. The van der Waals surface area contributed by atoms with Crippen LogP contribution in [0.2, 0.25) is 0 Å². The first-order valence-corrected chi connectivity index (χ1v) is 9.63. The smallest absolute Gasteiger partial charge is 0.221 e. The molecule has 0 fully saturated rings. The fourth-order valence-corrected chi connectivity index (χ4v) is 2.76. The van der Waals surface area contributed by atoms with Gasteiger partial charge in [0.15, 0.2) is 5.82 Å². The van der Waals surface area contributed by atoms with Gasteiger partial charge < -0.3 is 5.32 Å². The SMILES string of the molecule is Cc1nc(-c2ccncc2)ncc1C(C)NC(=O)CCNS(C)(=O)=O. The molecule has 0 aliphatic carbocycles. The van der Waals surface area contributed by atoms with Crippen LogP contribution in [0.3, 0.4) is 0 Å². The van der Waals surface area contributed by atoms with Gasteiger partial charge in [0.2, 0.25) is 15.9 Å². The second-order valence-electron chi connectivity index (χ2n) is 5.68. The molecular formula is C16H21N5O3S. The van der Waals surface area contributed by atoms with Crippen LogP contribution in [-0.2, 0) is 14.8 Å². The van der Waals surface area contributed by atoms with Crippen molar-refractivity contribution in [2.75, 3.05) is 12.8 Å². The predicted molar refractivity (Wildman–Crippen MR) is 94.0 cm³/mol. The molecule has 25 heavy (non-hydrogen) atoms. The van der Waals surface area contributed by atoms with E-state index in [9.17, 15) is 13.2 Å². The lowest BCUT2D eigenvalue weighted by Gasteiger charge is -2.16. The van der Waals surface area contributed by atoms with Crippen molar-refractivity contribution in [2.45, 2.75) is 26.3 Å². The number of pyridine rings is 1. The van der Waals surface area contributed by atoms with Gasteiger partial charge in [0.1, 0.15) is 0 Å². The van der Waals surface area contributed by atoms with E-state index in [1.165, 1.54) is 0 Å². The van der Waals surface area contributed by atoms with Gasteiger partial charge in [-0.25, -0.2) is 23.1 Å². The molecule has 0 bridgehead atoms. The average molecular weight is 363 g/mol. The van der Waals surface area contributed by atoms with E-state index in [1.807, 2.05) is 26.0 Å². The molecule has 9 heteroatoms. The van der Waals surface area contributed by atoms with Crippen LogP contribution in [0.4, 0.5) is 0 Å². The van der Waals surface area contributed by atoms with Crippen molar-refractivity contribution >= 4 is 15.9 Å². The molecule has 0 saturated heterocycles. The number of hydrogen-bond donors (Lipinski definition) is 2. The highest BCUT2D eigenvalue weighted by molar-refractivity contribution is 7.88. The van der Waals surface area contributed by atoms with Crippen molar-refractivity contribution in [3.05, 3.63) is 42.0 Å². The van der Waals surface area contributed by atoms with Gasteiger partial charge in [-0.15, -0.1) is 0 Å². The van der Waals surface area contributed by atoms with E-state index in [1.54, 1.807) is 18.6 Å². The molecule has 0 saturated carbocycles. The van der Waals surface area contributed by atoms with Crippen LogP contribution in [0.1, 0.15) is 30.6 Å². The molecule has 134 valence electrons. The summed E-state index contributed by atoms with van der Waals surface area (Å²) in [6.07, 6.45) is 6.16. The molecule has 0 aliphatic rings. The summed E-state index contributed by atoms with van der Waals surface area (Å²) in [7, 11) is -3.29. The van der Waals surface area contributed by atoms with E-state index >= 15 is 0 Å². The number of carbonyl (C=O) groups is 1. The molecule has 2 aromatic rings. The highest BCUT2D eigenvalue weighted by Crippen LogP contribution is 2.19. The van der Waals surface area contributed by atoms with Crippen molar-refractivity contribution in [3.63, 3.8) is 0 Å². The third-order valence-electron chi connectivity index (χ3n) is 3.52. The summed E-state index contributed by atoms with van der Waals surface area (Å²) in [6, 6.07) is 3.38. The maximum atomic E-state index is 11.9. The number of aryl methyl sites for hydroxylation is 1. The summed E-state index contributed by atoms with van der Waals surface area (Å²) >= 11 is 0. The van der Waals surface area contributed by atoms with Crippen LogP contribution in [0.25, 0.3) is 11.4 Å². The van der Waals surface area contributed by atoms with Gasteiger partial charge in [0.05, 0.1) is 12.3 Å². The molecule has 2 aromatic heterocycles. The van der Waals surface area contributed by atoms with Crippen molar-refractivity contribution in [1.29, 1.82) is 0 Å². The number of carbonyl (C=O) groups excluding carboxylic acids is 1. The van der Waals surface area contributed by atoms with Crippen molar-refractivity contribution < 1.29 is 13.2 Å². The molecule has 0 spiro atoms. The van der Waals surface area contributed by atoms with Crippen LogP contribution >= 0.6 is 0 Å². The normalized spacial score (nSPS) is 12.6. The molecular weight excluding hydrogens is 342 g/mol. The number of hydrogen-bond acceptors (Lipinski definition) is 6. The Hall–Kier alpha value is -2.39. The minimum Gasteiger partial charge on any atom is -0.349 e. The third-order valence-corrected chi connectivity index (χ3v) is 4.24. The molecule has 8 nitrogen and oxygen atoms in total. The van der Waals surface area contributed by atoms with Crippen LogP contribution in [0.5, 0.6) is 0 Å².